The van der Waals surface area contributed by atoms with E-state index in [0.717, 1.165) is 53.8 Å². The van der Waals surface area contributed by atoms with Gasteiger partial charge in [0, 0.05) is 31.7 Å². The number of benzene rings is 2. The third kappa shape index (κ3) is 5.01. The van der Waals surface area contributed by atoms with Crippen molar-refractivity contribution in [3.8, 4) is 22.5 Å². The quantitative estimate of drug-likeness (QED) is 0.292. The first-order valence-corrected chi connectivity index (χ1v) is 14.3. The van der Waals surface area contributed by atoms with Crippen molar-refractivity contribution < 1.29 is 4.74 Å². The molecular formula is C30H34N8O3. The first-order chi connectivity index (χ1) is 20.1. The van der Waals surface area contributed by atoms with Crippen LogP contribution in [0.5, 0.6) is 0 Å². The summed E-state index contributed by atoms with van der Waals surface area (Å²) in [5.74, 6) is 1.68. The summed E-state index contributed by atoms with van der Waals surface area (Å²) in [6, 6.07) is 16.3. The molecule has 6 rings (SSSR count). The topological polar surface area (TPSA) is 126 Å². The van der Waals surface area contributed by atoms with E-state index in [2.05, 4.69) is 49.5 Å². The number of H-pyrrole nitrogens is 1. The van der Waals surface area contributed by atoms with E-state index in [1.54, 1.807) is 11.7 Å². The van der Waals surface area contributed by atoms with E-state index in [9.17, 15) is 9.59 Å². The van der Waals surface area contributed by atoms with Gasteiger partial charge in [-0.25, -0.2) is 9.78 Å². The normalized spacial score (nSPS) is 14.2. The fourth-order valence-corrected chi connectivity index (χ4v) is 5.98. The lowest BCUT2D eigenvalue weighted by molar-refractivity contribution is 0.186. The highest BCUT2D eigenvalue weighted by Crippen LogP contribution is 2.34. The molecule has 1 fully saturated rings. The lowest BCUT2D eigenvalue weighted by Gasteiger charge is -2.22. The van der Waals surface area contributed by atoms with Crippen molar-refractivity contribution in [2.75, 3.05) is 13.7 Å². The van der Waals surface area contributed by atoms with E-state index in [0.29, 0.717) is 43.2 Å². The van der Waals surface area contributed by atoms with Crippen molar-refractivity contribution >= 4 is 11.2 Å². The van der Waals surface area contributed by atoms with Crippen LogP contribution in [-0.4, -0.2) is 53.0 Å². The van der Waals surface area contributed by atoms with Crippen molar-refractivity contribution in [1.82, 2.24) is 39.3 Å². The number of nitrogens with zero attached hydrogens (tertiary/aromatic N) is 7. The molecule has 1 aliphatic carbocycles. The van der Waals surface area contributed by atoms with Crippen molar-refractivity contribution in [3.63, 3.8) is 0 Å². The van der Waals surface area contributed by atoms with Gasteiger partial charge < -0.3 is 9.30 Å². The van der Waals surface area contributed by atoms with Crippen LogP contribution in [0.2, 0.25) is 0 Å². The summed E-state index contributed by atoms with van der Waals surface area (Å²) in [6.07, 6.45) is 5.54. The molecule has 0 amide bonds. The van der Waals surface area contributed by atoms with E-state index in [1.165, 1.54) is 11.0 Å². The maximum absolute atomic E-state index is 13.7. The number of imidazole rings is 1. The summed E-state index contributed by atoms with van der Waals surface area (Å²) in [7, 11) is 1.61. The Morgan fingerprint density at radius 3 is 2.39 bits per heavy atom. The SMILES string of the molecule is CCn1c(=O)c2c(nc(C3CCCCC3)n2Cc2ccc(-c3ccccc3-c3nn[nH]n3)cc2)n(CCOC)c1=O. The number of tetrazole rings is 1. The van der Waals surface area contributed by atoms with E-state index >= 15 is 0 Å². The molecule has 41 heavy (non-hydrogen) atoms. The zero-order chi connectivity index (χ0) is 28.3. The molecule has 0 atom stereocenters. The fraction of sp³-hybridized carbons (Fsp3) is 0.400. The third-order valence-corrected chi connectivity index (χ3v) is 8.07. The molecule has 1 aliphatic rings. The Bertz CT molecular complexity index is 1760. The Labute approximate surface area is 236 Å². The summed E-state index contributed by atoms with van der Waals surface area (Å²) in [5, 5.41) is 14.5. The molecule has 1 saturated carbocycles. The van der Waals surface area contributed by atoms with E-state index in [-0.39, 0.29) is 17.2 Å². The molecule has 1 N–H and O–H groups in total. The fourth-order valence-electron chi connectivity index (χ4n) is 5.98. The van der Waals surface area contributed by atoms with E-state index in [1.807, 2.05) is 31.2 Å². The van der Waals surface area contributed by atoms with Crippen molar-refractivity contribution in [2.45, 2.75) is 64.6 Å². The average molecular weight is 555 g/mol. The van der Waals surface area contributed by atoms with Gasteiger partial charge in [0.1, 0.15) is 5.82 Å². The lowest BCUT2D eigenvalue weighted by Crippen LogP contribution is -2.40. The molecule has 212 valence electrons. The van der Waals surface area contributed by atoms with Crippen molar-refractivity contribution in [3.05, 3.63) is 80.8 Å². The number of aromatic nitrogens is 8. The van der Waals surface area contributed by atoms with Crippen LogP contribution >= 0.6 is 0 Å². The van der Waals surface area contributed by atoms with E-state index < -0.39 is 0 Å². The molecule has 0 radical (unpaired) electrons. The summed E-state index contributed by atoms with van der Waals surface area (Å²) in [4.78, 5) is 32.0. The second-order valence-corrected chi connectivity index (χ2v) is 10.5. The highest BCUT2D eigenvalue weighted by atomic mass is 16.5. The molecule has 5 aromatic rings. The summed E-state index contributed by atoms with van der Waals surface area (Å²) in [5.41, 5.74) is 4.27. The first kappa shape index (κ1) is 26.8. The predicted molar refractivity (Wildman–Crippen MR) is 156 cm³/mol. The molecule has 3 aromatic heterocycles. The Balaban J connectivity index is 1.45. The Kier molecular flexibility index (Phi) is 7.60. The van der Waals surface area contributed by atoms with Crippen LogP contribution in [0, 0.1) is 0 Å². The molecule has 0 saturated heterocycles. The number of aromatic amines is 1. The number of rotatable bonds is 9. The van der Waals surface area contributed by atoms with Gasteiger partial charge in [-0.3, -0.25) is 13.9 Å². The highest BCUT2D eigenvalue weighted by Gasteiger charge is 2.27. The molecular weight excluding hydrogens is 520 g/mol. The maximum Gasteiger partial charge on any atom is 0.332 e. The molecule has 0 aliphatic heterocycles. The summed E-state index contributed by atoms with van der Waals surface area (Å²) < 4.78 is 10.3. The largest absolute Gasteiger partial charge is 0.383 e. The Morgan fingerprint density at radius 1 is 0.951 bits per heavy atom. The molecule has 3 heterocycles. The number of methoxy groups -OCH3 is 1. The molecule has 0 unspecified atom stereocenters. The Morgan fingerprint density at radius 2 is 1.71 bits per heavy atom. The predicted octanol–water partition coefficient (Wildman–Crippen LogP) is 3.97. The standard InChI is InChI=1S/C30H34N8O3/c1-3-36-29(39)25-28(37(30(36)40)17-18-41-2)31-27(22-9-5-4-6-10-22)38(25)19-20-13-15-21(16-14-20)23-11-7-8-12-24(23)26-32-34-35-33-26/h7-8,11-16,22H,3-6,9-10,17-19H2,1-2H3,(H,32,33,34,35). The monoisotopic (exact) mass is 554 g/mol. The van der Waals surface area contributed by atoms with Crippen molar-refractivity contribution in [2.24, 2.45) is 0 Å². The molecule has 0 spiro atoms. The van der Waals surface area contributed by atoms with Gasteiger partial charge in [-0.15, -0.1) is 10.2 Å². The minimum atomic E-state index is -0.341. The van der Waals surface area contributed by atoms with Gasteiger partial charge in [-0.05, 0) is 41.7 Å². The zero-order valence-corrected chi connectivity index (χ0v) is 23.4. The minimum absolute atomic E-state index is 0.248. The van der Waals surface area contributed by atoms with Crippen LogP contribution < -0.4 is 11.2 Å². The lowest BCUT2D eigenvalue weighted by atomic mass is 9.88. The van der Waals surface area contributed by atoms with Gasteiger partial charge in [-0.2, -0.15) is 5.21 Å². The maximum atomic E-state index is 13.7. The number of fused-ring (bicyclic) bond motifs is 1. The first-order valence-electron chi connectivity index (χ1n) is 14.3. The molecule has 11 nitrogen and oxygen atoms in total. The van der Waals surface area contributed by atoms with Crippen LogP contribution in [0.4, 0.5) is 0 Å². The molecule has 11 heteroatoms. The number of ether oxygens (including phenoxy) is 1. The number of hydrogen-bond donors (Lipinski definition) is 1. The molecule has 2 aromatic carbocycles. The Hall–Kier alpha value is -4.38. The summed E-state index contributed by atoms with van der Waals surface area (Å²) >= 11 is 0. The second kappa shape index (κ2) is 11.6. The zero-order valence-electron chi connectivity index (χ0n) is 23.4. The average Bonchev–Trinajstić information content (AvgIpc) is 3.68. The minimum Gasteiger partial charge on any atom is -0.383 e. The van der Waals surface area contributed by atoms with Gasteiger partial charge in [0.15, 0.2) is 11.2 Å². The summed E-state index contributed by atoms with van der Waals surface area (Å²) in [6.45, 7) is 3.29. The second-order valence-electron chi connectivity index (χ2n) is 10.5. The van der Waals surface area contributed by atoms with Crippen LogP contribution in [0.15, 0.2) is 58.1 Å². The van der Waals surface area contributed by atoms with Gasteiger partial charge >= 0.3 is 5.69 Å². The van der Waals surface area contributed by atoms with Crippen LogP contribution in [0.3, 0.4) is 0 Å². The number of hydrogen-bond acceptors (Lipinski definition) is 7. The molecule has 0 bridgehead atoms. The van der Waals surface area contributed by atoms with Gasteiger partial charge in [0.05, 0.1) is 13.2 Å². The van der Waals surface area contributed by atoms with Crippen LogP contribution in [-0.2, 0) is 24.4 Å². The highest BCUT2D eigenvalue weighted by molar-refractivity contribution is 5.80. The smallest absolute Gasteiger partial charge is 0.332 e. The van der Waals surface area contributed by atoms with Gasteiger partial charge in [0.25, 0.3) is 5.56 Å². The van der Waals surface area contributed by atoms with Crippen molar-refractivity contribution in [1.29, 1.82) is 0 Å². The van der Waals surface area contributed by atoms with E-state index in [4.69, 9.17) is 9.72 Å². The van der Waals surface area contributed by atoms with Gasteiger partial charge in [-0.1, -0.05) is 67.8 Å². The number of nitrogens with one attached hydrogen (secondary N) is 1. The van der Waals surface area contributed by atoms with Crippen LogP contribution in [0.1, 0.15) is 56.3 Å². The third-order valence-electron chi connectivity index (χ3n) is 8.07. The van der Waals surface area contributed by atoms with Gasteiger partial charge in [0.2, 0.25) is 5.82 Å². The van der Waals surface area contributed by atoms with Crippen LogP contribution in [0.25, 0.3) is 33.7 Å².